The molecule has 34 heavy (non-hydrogen) atoms. The first-order valence-electron chi connectivity index (χ1n) is 10.4. The van der Waals surface area contributed by atoms with Gasteiger partial charge in [-0.25, -0.2) is 4.98 Å². The molecule has 4 rings (SSSR count). The lowest BCUT2D eigenvalue weighted by atomic mass is 10.2. The van der Waals surface area contributed by atoms with Crippen molar-refractivity contribution in [3.05, 3.63) is 53.5 Å². The highest BCUT2D eigenvalue weighted by molar-refractivity contribution is 8.01. The molecule has 0 spiro atoms. The molecule has 0 atom stereocenters. The van der Waals surface area contributed by atoms with Gasteiger partial charge in [0, 0.05) is 35.4 Å². The number of nitrogens with zero attached hydrogens (tertiary/aromatic N) is 1. The van der Waals surface area contributed by atoms with Gasteiger partial charge in [0.25, 0.3) is 0 Å². The Balaban J connectivity index is 1.23. The molecule has 0 fully saturated rings. The number of carbonyl (C=O) groups excluding carboxylic acids is 3. The zero-order chi connectivity index (χ0) is 23.9. The number of benzene rings is 2. The summed E-state index contributed by atoms with van der Waals surface area (Å²) in [5, 5.41) is 10.1. The first kappa shape index (κ1) is 23.6. The minimum absolute atomic E-state index is 0.123. The van der Waals surface area contributed by atoms with Gasteiger partial charge in [-0.05, 0) is 36.4 Å². The van der Waals surface area contributed by atoms with Gasteiger partial charge in [-0.3, -0.25) is 14.4 Å². The Kier molecular flexibility index (Phi) is 7.65. The number of amides is 3. The van der Waals surface area contributed by atoms with Crippen molar-refractivity contribution >= 4 is 57.9 Å². The minimum atomic E-state index is -0.195. The number of nitrogens with one attached hydrogen (secondary N) is 3. The summed E-state index contributed by atoms with van der Waals surface area (Å²) < 4.78 is 11.7. The summed E-state index contributed by atoms with van der Waals surface area (Å²) in [6.45, 7) is 2.42. The molecule has 3 amide bonds. The zero-order valence-corrected chi connectivity index (χ0v) is 19.9. The van der Waals surface area contributed by atoms with Crippen LogP contribution in [0.1, 0.15) is 12.6 Å². The average Bonchev–Trinajstić information content (AvgIpc) is 3.25. The fourth-order valence-corrected chi connectivity index (χ4v) is 4.74. The van der Waals surface area contributed by atoms with Crippen LogP contribution in [0.15, 0.2) is 52.2 Å². The maximum Gasteiger partial charge on any atom is 0.234 e. The number of fused-ring (bicyclic) bond motifs is 1. The second-order valence-corrected chi connectivity index (χ2v) is 9.36. The molecule has 2 heterocycles. The number of aromatic nitrogens is 1. The van der Waals surface area contributed by atoms with Gasteiger partial charge in [-0.2, -0.15) is 0 Å². The van der Waals surface area contributed by atoms with Crippen molar-refractivity contribution in [1.82, 2.24) is 4.98 Å². The fraction of sp³-hybridized carbons (Fsp3) is 0.217. The molecule has 0 radical (unpaired) electrons. The summed E-state index contributed by atoms with van der Waals surface area (Å²) >= 11 is 2.69. The second-order valence-electron chi connectivity index (χ2n) is 7.28. The van der Waals surface area contributed by atoms with E-state index in [2.05, 4.69) is 20.9 Å². The van der Waals surface area contributed by atoms with Gasteiger partial charge in [0.05, 0.1) is 17.9 Å². The van der Waals surface area contributed by atoms with Crippen molar-refractivity contribution in [2.24, 2.45) is 0 Å². The third-order valence-electron chi connectivity index (χ3n) is 4.51. The smallest absolute Gasteiger partial charge is 0.234 e. The molecule has 0 bridgehead atoms. The summed E-state index contributed by atoms with van der Waals surface area (Å²) in [4.78, 5) is 40.1. The number of rotatable bonds is 8. The molecule has 0 aliphatic carbocycles. The molecular formula is C23H22N4O5S2. The Labute approximate surface area is 204 Å². The monoisotopic (exact) mass is 498 g/mol. The van der Waals surface area contributed by atoms with Crippen LogP contribution in [-0.4, -0.2) is 41.7 Å². The van der Waals surface area contributed by atoms with Crippen molar-refractivity contribution in [3.8, 4) is 11.5 Å². The SMILES string of the molecule is CC(=O)Nc1ccc(NC(=O)CSc2nc(CC(=O)Nc3ccc4c(c3)OCCO4)cs2)cc1. The van der Waals surface area contributed by atoms with Gasteiger partial charge in [0.2, 0.25) is 17.7 Å². The van der Waals surface area contributed by atoms with E-state index in [1.165, 1.54) is 30.0 Å². The third-order valence-corrected chi connectivity index (χ3v) is 6.58. The molecule has 1 aliphatic rings. The number of thiazole rings is 1. The molecule has 9 nitrogen and oxygen atoms in total. The van der Waals surface area contributed by atoms with Gasteiger partial charge < -0.3 is 25.4 Å². The second kappa shape index (κ2) is 11.0. The molecule has 1 aromatic heterocycles. The summed E-state index contributed by atoms with van der Waals surface area (Å²) in [5.41, 5.74) is 2.56. The van der Waals surface area contributed by atoms with Crippen LogP contribution in [-0.2, 0) is 20.8 Å². The fourth-order valence-electron chi connectivity index (χ4n) is 3.09. The number of ether oxygens (including phenoxy) is 2. The van der Waals surface area contributed by atoms with Gasteiger partial charge in [0.15, 0.2) is 15.8 Å². The molecule has 1 aliphatic heterocycles. The van der Waals surface area contributed by atoms with Crippen molar-refractivity contribution in [1.29, 1.82) is 0 Å². The summed E-state index contributed by atoms with van der Waals surface area (Å²) in [7, 11) is 0. The lowest BCUT2D eigenvalue weighted by molar-refractivity contribution is -0.116. The molecule has 0 saturated carbocycles. The van der Waals surface area contributed by atoms with E-state index in [-0.39, 0.29) is 29.9 Å². The number of hydrogen-bond donors (Lipinski definition) is 3. The molecule has 0 unspecified atom stereocenters. The molecule has 176 valence electrons. The Bertz CT molecular complexity index is 1200. The van der Waals surface area contributed by atoms with E-state index in [4.69, 9.17) is 9.47 Å². The Morgan fingerprint density at radius 3 is 2.29 bits per heavy atom. The van der Waals surface area contributed by atoms with Crippen LogP contribution in [0, 0.1) is 0 Å². The Morgan fingerprint density at radius 1 is 0.912 bits per heavy atom. The molecule has 11 heteroatoms. The van der Waals surface area contributed by atoms with Crippen molar-refractivity contribution in [2.45, 2.75) is 17.7 Å². The van der Waals surface area contributed by atoms with Gasteiger partial charge in [-0.15, -0.1) is 11.3 Å². The maximum absolute atomic E-state index is 12.4. The predicted octanol–water partition coefficient (Wildman–Crippen LogP) is 3.78. The van der Waals surface area contributed by atoms with Crippen molar-refractivity contribution in [2.75, 3.05) is 34.9 Å². The van der Waals surface area contributed by atoms with Crippen LogP contribution in [0.4, 0.5) is 17.1 Å². The normalized spacial score (nSPS) is 12.0. The van der Waals surface area contributed by atoms with Crippen LogP contribution in [0.3, 0.4) is 0 Å². The third kappa shape index (κ3) is 6.72. The maximum atomic E-state index is 12.4. The van der Waals surface area contributed by atoms with Crippen LogP contribution in [0.2, 0.25) is 0 Å². The minimum Gasteiger partial charge on any atom is -0.486 e. The quantitative estimate of drug-likeness (QED) is 0.405. The molecule has 3 N–H and O–H groups in total. The topological polar surface area (TPSA) is 119 Å². The van der Waals surface area contributed by atoms with Gasteiger partial charge >= 0.3 is 0 Å². The first-order valence-corrected chi connectivity index (χ1v) is 12.3. The van der Waals surface area contributed by atoms with Crippen LogP contribution < -0.4 is 25.4 Å². The standard InChI is InChI=1S/C23H22N4O5S2/c1-14(28)24-15-2-4-16(5-3-15)25-22(30)13-34-23-27-18(12-33-23)11-21(29)26-17-6-7-19-20(10-17)32-9-8-31-19/h2-7,10,12H,8-9,11,13H2,1H3,(H,24,28)(H,25,30)(H,26,29). The van der Waals surface area contributed by atoms with E-state index in [9.17, 15) is 14.4 Å². The number of anilines is 3. The summed E-state index contributed by atoms with van der Waals surface area (Å²) in [6, 6.07) is 12.1. The Morgan fingerprint density at radius 2 is 1.56 bits per heavy atom. The lowest BCUT2D eigenvalue weighted by Crippen LogP contribution is -2.17. The van der Waals surface area contributed by atoms with Crippen molar-refractivity contribution in [3.63, 3.8) is 0 Å². The summed E-state index contributed by atoms with van der Waals surface area (Å²) in [5.74, 6) is 0.931. The van der Waals surface area contributed by atoms with E-state index in [0.29, 0.717) is 51.8 Å². The average molecular weight is 499 g/mol. The van der Waals surface area contributed by atoms with Crippen LogP contribution >= 0.6 is 23.1 Å². The predicted molar refractivity (Wildman–Crippen MR) is 132 cm³/mol. The highest BCUT2D eigenvalue weighted by Crippen LogP contribution is 2.32. The van der Waals surface area contributed by atoms with Crippen LogP contribution in [0.25, 0.3) is 0 Å². The van der Waals surface area contributed by atoms with Crippen molar-refractivity contribution < 1.29 is 23.9 Å². The van der Waals surface area contributed by atoms with E-state index >= 15 is 0 Å². The van der Waals surface area contributed by atoms with Gasteiger partial charge in [-0.1, -0.05) is 11.8 Å². The summed E-state index contributed by atoms with van der Waals surface area (Å²) in [6.07, 6.45) is 0.123. The molecule has 3 aromatic rings. The molecule has 0 saturated heterocycles. The molecule has 2 aromatic carbocycles. The number of thioether (sulfide) groups is 1. The van der Waals surface area contributed by atoms with E-state index in [0.717, 1.165) is 0 Å². The van der Waals surface area contributed by atoms with E-state index in [1.54, 1.807) is 42.5 Å². The molecular weight excluding hydrogens is 476 g/mol. The van der Waals surface area contributed by atoms with Crippen LogP contribution in [0.5, 0.6) is 11.5 Å². The highest BCUT2D eigenvalue weighted by Gasteiger charge is 2.14. The number of carbonyl (C=O) groups is 3. The van der Waals surface area contributed by atoms with Gasteiger partial charge in [0.1, 0.15) is 13.2 Å². The number of hydrogen-bond acceptors (Lipinski definition) is 8. The Hall–Kier alpha value is -3.57. The first-order chi connectivity index (χ1) is 16.4. The lowest BCUT2D eigenvalue weighted by Gasteiger charge is -2.18. The highest BCUT2D eigenvalue weighted by atomic mass is 32.2. The zero-order valence-electron chi connectivity index (χ0n) is 18.3. The van der Waals surface area contributed by atoms with E-state index < -0.39 is 0 Å². The van der Waals surface area contributed by atoms with E-state index in [1.807, 2.05) is 5.38 Å². The largest absolute Gasteiger partial charge is 0.486 e.